The summed E-state index contributed by atoms with van der Waals surface area (Å²) >= 11 is 0. The topological polar surface area (TPSA) is 55.6 Å². The van der Waals surface area contributed by atoms with Crippen molar-refractivity contribution in [3.8, 4) is 5.75 Å². The fourth-order valence-corrected chi connectivity index (χ4v) is 3.32. The van der Waals surface area contributed by atoms with E-state index in [1.165, 1.54) is 0 Å². The molecule has 116 valence electrons. The standard InChI is InChI=1S/C17H26N2O2/c1-12-9-13(7-8-16(12)21-3)11-19(2)17(20)15-6-4-5-14(15)10-18/h7-9,14-15H,4-6,10-11,18H2,1-3H3/t14-,15-/m1/s1. The normalized spacial score (nSPS) is 21.3. The number of nitrogens with zero attached hydrogens (tertiary/aromatic N) is 1. The van der Waals surface area contributed by atoms with Gasteiger partial charge in [-0.05, 0) is 49.4 Å². The Balaban J connectivity index is 2.02. The van der Waals surface area contributed by atoms with Gasteiger partial charge in [0.15, 0.2) is 0 Å². The van der Waals surface area contributed by atoms with E-state index in [0.29, 0.717) is 19.0 Å². The highest BCUT2D eigenvalue weighted by Crippen LogP contribution is 2.32. The predicted molar refractivity (Wildman–Crippen MR) is 84.1 cm³/mol. The van der Waals surface area contributed by atoms with Crippen LogP contribution in [0.2, 0.25) is 0 Å². The monoisotopic (exact) mass is 290 g/mol. The van der Waals surface area contributed by atoms with Crippen molar-refractivity contribution in [2.24, 2.45) is 17.6 Å². The molecular formula is C17H26N2O2. The second-order valence-electron chi connectivity index (χ2n) is 6.03. The van der Waals surface area contributed by atoms with Crippen LogP contribution in [0.3, 0.4) is 0 Å². The third-order valence-corrected chi connectivity index (χ3v) is 4.53. The minimum atomic E-state index is 0.111. The lowest BCUT2D eigenvalue weighted by Crippen LogP contribution is -2.36. The molecule has 0 spiro atoms. The molecule has 4 nitrogen and oxygen atoms in total. The van der Waals surface area contributed by atoms with Gasteiger partial charge in [-0.25, -0.2) is 0 Å². The van der Waals surface area contributed by atoms with Crippen LogP contribution in [0.5, 0.6) is 5.75 Å². The Morgan fingerprint density at radius 3 is 2.81 bits per heavy atom. The Labute approximate surface area is 127 Å². The third kappa shape index (κ3) is 3.56. The van der Waals surface area contributed by atoms with Crippen LogP contribution in [-0.2, 0) is 11.3 Å². The molecule has 1 aliphatic rings. The average molecular weight is 290 g/mol. The summed E-state index contributed by atoms with van der Waals surface area (Å²) in [7, 11) is 3.55. The largest absolute Gasteiger partial charge is 0.496 e. The SMILES string of the molecule is COc1ccc(CN(C)C(=O)[C@@H]2CCC[C@@H]2CN)cc1C. The van der Waals surface area contributed by atoms with E-state index in [2.05, 4.69) is 6.07 Å². The number of nitrogens with two attached hydrogens (primary N) is 1. The predicted octanol–water partition coefficient (Wildman–Crippen LogP) is 2.34. The van der Waals surface area contributed by atoms with E-state index in [1.54, 1.807) is 7.11 Å². The maximum Gasteiger partial charge on any atom is 0.226 e. The molecule has 2 rings (SSSR count). The Morgan fingerprint density at radius 1 is 1.43 bits per heavy atom. The summed E-state index contributed by atoms with van der Waals surface area (Å²) in [6.07, 6.45) is 3.18. The molecule has 1 fully saturated rings. The van der Waals surface area contributed by atoms with Crippen LogP contribution < -0.4 is 10.5 Å². The number of carbonyl (C=O) groups excluding carboxylic acids is 1. The summed E-state index contributed by atoms with van der Waals surface area (Å²) in [6.45, 7) is 3.27. The van der Waals surface area contributed by atoms with Crippen LogP contribution in [0.4, 0.5) is 0 Å². The molecule has 1 aliphatic carbocycles. The van der Waals surface area contributed by atoms with Gasteiger partial charge < -0.3 is 15.4 Å². The molecule has 0 bridgehead atoms. The third-order valence-electron chi connectivity index (χ3n) is 4.53. The van der Waals surface area contributed by atoms with Crippen molar-refractivity contribution in [2.75, 3.05) is 20.7 Å². The van der Waals surface area contributed by atoms with Crippen LogP contribution in [0.15, 0.2) is 18.2 Å². The highest BCUT2D eigenvalue weighted by atomic mass is 16.5. The molecule has 0 unspecified atom stereocenters. The molecule has 1 aromatic carbocycles. The molecule has 0 aliphatic heterocycles. The number of ether oxygens (including phenoxy) is 1. The smallest absolute Gasteiger partial charge is 0.226 e. The van der Waals surface area contributed by atoms with Gasteiger partial charge in [-0.15, -0.1) is 0 Å². The zero-order valence-electron chi connectivity index (χ0n) is 13.3. The van der Waals surface area contributed by atoms with Gasteiger partial charge in [0.25, 0.3) is 0 Å². The van der Waals surface area contributed by atoms with Crippen LogP contribution >= 0.6 is 0 Å². The van der Waals surface area contributed by atoms with Crippen molar-refractivity contribution >= 4 is 5.91 Å². The summed E-state index contributed by atoms with van der Waals surface area (Å²) in [5.41, 5.74) is 8.01. The van der Waals surface area contributed by atoms with Gasteiger partial charge in [-0.2, -0.15) is 0 Å². The maximum atomic E-state index is 12.6. The van der Waals surface area contributed by atoms with E-state index < -0.39 is 0 Å². The molecule has 21 heavy (non-hydrogen) atoms. The molecule has 1 amide bonds. The van der Waals surface area contributed by atoms with Crippen molar-refractivity contribution < 1.29 is 9.53 Å². The number of hydrogen-bond donors (Lipinski definition) is 1. The highest BCUT2D eigenvalue weighted by molar-refractivity contribution is 5.79. The molecule has 0 saturated heterocycles. The lowest BCUT2D eigenvalue weighted by atomic mass is 9.94. The van der Waals surface area contributed by atoms with E-state index >= 15 is 0 Å². The van der Waals surface area contributed by atoms with Gasteiger partial charge in [0.05, 0.1) is 7.11 Å². The summed E-state index contributed by atoms with van der Waals surface area (Å²) in [4.78, 5) is 14.4. The number of carbonyl (C=O) groups is 1. The Hall–Kier alpha value is -1.55. The molecule has 2 N–H and O–H groups in total. The van der Waals surface area contributed by atoms with E-state index in [0.717, 1.165) is 36.1 Å². The number of amides is 1. The Kier molecular flexibility index (Phi) is 5.23. The molecular weight excluding hydrogens is 264 g/mol. The summed E-state index contributed by atoms with van der Waals surface area (Å²) in [5, 5.41) is 0. The summed E-state index contributed by atoms with van der Waals surface area (Å²) in [5.74, 6) is 1.58. The first-order valence-corrected chi connectivity index (χ1v) is 7.65. The van der Waals surface area contributed by atoms with Crippen molar-refractivity contribution in [2.45, 2.75) is 32.7 Å². The van der Waals surface area contributed by atoms with Crippen molar-refractivity contribution in [1.29, 1.82) is 0 Å². The number of methoxy groups -OCH3 is 1. The molecule has 0 radical (unpaired) electrons. The van der Waals surface area contributed by atoms with E-state index in [9.17, 15) is 4.79 Å². The van der Waals surface area contributed by atoms with Gasteiger partial charge in [0.1, 0.15) is 5.75 Å². The van der Waals surface area contributed by atoms with E-state index in [4.69, 9.17) is 10.5 Å². The second kappa shape index (κ2) is 6.94. The minimum Gasteiger partial charge on any atom is -0.496 e. The Morgan fingerprint density at radius 2 is 2.19 bits per heavy atom. The number of aryl methyl sites for hydroxylation is 1. The van der Waals surface area contributed by atoms with Gasteiger partial charge in [-0.1, -0.05) is 18.6 Å². The highest BCUT2D eigenvalue weighted by Gasteiger charge is 2.33. The first-order valence-electron chi connectivity index (χ1n) is 7.65. The van der Waals surface area contributed by atoms with Gasteiger partial charge in [0, 0.05) is 19.5 Å². The lowest BCUT2D eigenvalue weighted by molar-refractivity contribution is -0.135. The van der Waals surface area contributed by atoms with Gasteiger partial charge in [-0.3, -0.25) is 4.79 Å². The van der Waals surface area contributed by atoms with E-state index in [-0.39, 0.29) is 11.8 Å². The molecule has 0 aromatic heterocycles. The van der Waals surface area contributed by atoms with Crippen molar-refractivity contribution in [3.63, 3.8) is 0 Å². The number of rotatable bonds is 5. The quantitative estimate of drug-likeness (QED) is 0.905. The molecule has 2 atom stereocenters. The average Bonchev–Trinajstić information content (AvgIpc) is 2.95. The fourth-order valence-electron chi connectivity index (χ4n) is 3.32. The zero-order chi connectivity index (χ0) is 15.4. The van der Waals surface area contributed by atoms with Crippen molar-refractivity contribution in [3.05, 3.63) is 29.3 Å². The number of hydrogen-bond acceptors (Lipinski definition) is 3. The first-order chi connectivity index (χ1) is 10.1. The van der Waals surface area contributed by atoms with Crippen LogP contribution in [0.25, 0.3) is 0 Å². The van der Waals surface area contributed by atoms with Crippen molar-refractivity contribution in [1.82, 2.24) is 4.90 Å². The van der Waals surface area contributed by atoms with E-state index in [1.807, 2.05) is 31.0 Å². The second-order valence-corrected chi connectivity index (χ2v) is 6.03. The molecule has 1 saturated carbocycles. The van der Waals surface area contributed by atoms with Crippen LogP contribution in [-0.4, -0.2) is 31.5 Å². The van der Waals surface area contributed by atoms with Gasteiger partial charge in [0.2, 0.25) is 5.91 Å². The number of benzene rings is 1. The molecule has 1 aromatic rings. The van der Waals surface area contributed by atoms with Gasteiger partial charge >= 0.3 is 0 Å². The minimum absolute atomic E-state index is 0.111. The fraction of sp³-hybridized carbons (Fsp3) is 0.588. The van der Waals surface area contributed by atoms with Crippen LogP contribution in [0.1, 0.15) is 30.4 Å². The zero-order valence-corrected chi connectivity index (χ0v) is 13.3. The molecule has 4 heteroatoms. The summed E-state index contributed by atoms with van der Waals surface area (Å²) in [6, 6.07) is 6.06. The summed E-state index contributed by atoms with van der Waals surface area (Å²) < 4.78 is 5.27. The van der Waals surface area contributed by atoms with Crippen LogP contribution in [0, 0.1) is 18.8 Å². The maximum absolute atomic E-state index is 12.6. The molecule has 0 heterocycles. The lowest BCUT2D eigenvalue weighted by Gasteiger charge is -2.25. The first kappa shape index (κ1) is 15.8. The Bertz CT molecular complexity index is 502.